The number of hydrogen-bond acceptors (Lipinski definition) is 0. The van der Waals surface area contributed by atoms with E-state index in [0.717, 1.165) is 0 Å². The smallest absolute Gasteiger partial charge is 0.0544 e. The predicted molar refractivity (Wildman–Crippen MR) is 197 cm³/mol. The van der Waals surface area contributed by atoms with Gasteiger partial charge in [-0.1, -0.05) is 126 Å². The number of fused-ring (bicyclic) bond motifs is 4. The Morgan fingerprint density at radius 3 is 1.37 bits per heavy atom. The van der Waals surface area contributed by atoms with Gasteiger partial charge in [0, 0.05) is 16.5 Å². The highest BCUT2D eigenvalue weighted by Crippen LogP contribution is 2.62. The molecular formula is C45H41N. The minimum absolute atomic E-state index is 0.0351. The van der Waals surface area contributed by atoms with Crippen molar-refractivity contribution in [2.24, 2.45) is 5.41 Å². The molecule has 226 valence electrons. The van der Waals surface area contributed by atoms with E-state index in [0.29, 0.717) is 0 Å². The zero-order valence-corrected chi connectivity index (χ0v) is 27.7. The van der Waals surface area contributed by atoms with Crippen LogP contribution in [0.4, 0.5) is 0 Å². The van der Waals surface area contributed by atoms with Crippen LogP contribution in [-0.2, 0) is 10.8 Å². The summed E-state index contributed by atoms with van der Waals surface area (Å²) < 4.78 is 2.47. The minimum atomic E-state index is 0.0351. The van der Waals surface area contributed by atoms with E-state index in [2.05, 4.69) is 186 Å². The van der Waals surface area contributed by atoms with Crippen LogP contribution >= 0.6 is 0 Å². The van der Waals surface area contributed by atoms with Crippen LogP contribution in [0.25, 0.3) is 60.9 Å². The molecule has 0 N–H and O–H groups in total. The molecule has 1 aromatic heterocycles. The third-order valence-electron chi connectivity index (χ3n) is 11.9. The SMILES string of the molecule is CC1(C)c2cc3c4cc(-c5cc(-c6ccccc6)cc(-c6ccccc6)c5)ccc4n(-c4ccccc4)c3cc2C(C)(C)C1(C)C. The highest BCUT2D eigenvalue weighted by molar-refractivity contribution is 6.11. The number of rotatable bonds is 4. The minimum Gasteiger partial charge on any atom is -0.309 e. The van der Waals surface area contributed by atoms with Crippen molar-refractivity contribution in [1.29, 1.82) is 0 Å². The molecule has 0 unspecified atom stereocenters. The molecule has 0 spiro atoms. The Bertz CT molecular complexity index is 2190. The Hall–Kier alpha value is -4.88. The van der Waals surface area contributed by atoms with E-state index in [1.54, 1.807) is 0 Å². The Kier molecular flexibility index (Phi) is 6.25. The maximum atomic E-state index is 2.53. The van der Waals surface area contributed by atoms with Crippen LogP contribution in [0, 0.1) is 5.41 Å². The predicted octanol–water partition coefficient (Wildman–Crippen LogP) is 12.4. The van der Waals surface area contributed by atoms with E-state index in [1.165, 1.54) is 72.0 Å². The summed E-state index contributed by atoms with van der Waals surface area (Å²) in [5.74, 6) is 0. The zero-order chi connectivity index (χ0) is 31.8. The molecule has 46 heavy (non-hydrogen) atoms. The Labute approximate surface area is 273 Å². The molecule has 8 rings (SSSR count). The van der Waals surface area contributed by atoms with Gasteiger partial charge in [-0.2, -0.15) is 0 Å². The van der Waals surface area contributed by atoms with Gasteiger partial charge >= 0.3 is 0 Å². The quantitative estimate of drug-likeness (QED) is 0.191. The van der Waals surface area contributed by atoms with Crippen LogP contribution in [0.3, 0.4) is 0 Å². The fraction of sp³-hybridized carbons (Fsp3) is 0.200. The van der Waals surface area contributed by atoms with E-state index in [4.69, 9.17) is 0 Å². The molecule has 1 aliphatic rings. The number of hydrogen-bond donors (Lipinski definition) is 0. The molecule has 1 aliphatic carbocycles. The van der Waals surface area contributed by atoms with Crippen molar-refractivity contribution in [2.75, 3.05) is 0 Å². The van der Waals surface area contributed by atoms with Gasteiger partial charge in [-0.25, -0.2) is 0 Å². The van der Waals surface area contributed by atoms with Crippen molar-refractivity contribution >= 4 is 21.8 Å². The third-order valence-corrected chi connectivity index (χ3v) is 11.9. The summed E-state index contributed by atoms with van der Waals surface area (Å²) in [5.41, 5.74) is 14.2. The molecule has 1 nitrogen and oxygen atoms in total. The zero-order valence-electron chi connectivity index (χ0n) is 27.7. The molecule has 0 aliphatic heterocycles. The standard InChI is InChI=1S/C45H41N/c1-43(2)39-28-38-37-27-32(35-25-33(30-16-10-7-11-17-30)24-34(26-35)31-18-12-8-13-19-31)22-23-41(37)46(36-20-14-9-15-21-36)42(38)29-40(39)44(3,4)45(43,5)6/h7-29H,1-6H3. The van der Waals surface area contributed by atoms with Crippen LogP contribution in [0.5, 0.6) is 0 Å². The summed E-state index contributed by atoms with van der Waals surface area (Å²) in [4.78, 5) is 0. The van der Waals surface area contributed by atoms with Gasteiger partial charge in [0.15, 0.2) is 0 Å². The van der Waals surface area contributed by atoms with Crippen LogP contribution in [0.15, 0.2) is 140 Å². The fourth-order valence-corrected chi connectivity index (χ4v) is 7.98. The Morgan fingerprint density at radius 1 is 0.370 bits per heavy atom. The van der Waals surface area contributed by atoms with Gasteiger partial charge < -0.3 is 4.57 Å². The molecule has 0 amide bonds. The van der Waals surface area contributed by atoms with Crippen LogP contribution in [-0.4, -0.2) is 4.57 Å². The third kappa shape index (κ3) is 4.07. The Balaban J connectivity index is 1.41. The van der Waals surface area contributed by atoms with Crippen molar-refractivity contribution in [3.8, 4) is 39.1 Å². The number of benzene rings is 6. The second kappa shape index (κ2) is 10.1. The molecule has 0 saturated carbocycles. The maximum Gasteiger partial charge on any atom is 0.0544 e. The molecule has 0 fully saturated rings. The second-order valence-corrected chi connectivity index (χ2v) is 14.7. The molecule has 0 saturated heterocycles. The first-order chi connectivity index (χ1) is 22.1. The molecule has 1 heterocycles. The lowest BCUT2D eigenvalue weighted by molar-refractivity contribution is 0.125. The summed E-state index contributed by atoms with van der Waals surface area (Å²) in [5, 5.41) is 2.62. The Morgan fingerprint density at radius 2 is 0.826 bits per heavy atom. The first-order valence-electron chi connectivity index (χ1n) is 16.5. The van der Waals surface area contributed by atoms with E-state index in [9.17, 15) is 0 Å². The van der Waals surface area contributed by atoms with Gasteiger partial charge in [-0.3, -0.25) is 0 Å². The fourth-order valence-electron chi connectivity index (χ4n) is 7.98. The molecular weight excluding hydrogens is 555 g/mol. The van der Waals surface area contributed by atoms with Crippen molar-refractivity contribution < 1.29 is 0 Å². The van der Waals surface area contributed by atoms with E-state index >= 15 is 0 Å². The van der Waals surface area contributed by atoms with Gasteiger partial charge in [-0.15, -0.1) is 0 Å². The van der Waals surface area contributed by atoms with Crippen molar-refractivity contribution in [1.82, 2.24) is 4.57 Å². The molecule has 0 radical (unpaired) electrons. The van der Waals surface area contributed by atoms with Gasteiger partial charge in [0.1, 0.15) is 0 Å². The molecule has 1 heteroatoms. The van der Waals surface area contributed by atoms with E-state index in [1.807, 2.05) is 0 Å². The van der Waals surface area contributed by atoms with Crippen LogP contribution < -0.4 is 0 Å². The highest BCUT2D eigenvalue weighted by Gasteiger charge is 2.56. The molecule has 0 bridgehead atoms. The van der Waals surface area contributed by atoms with Gasteiger partial charge in [0.2, 0.25) is 0 Å². The van der Waals surface area contributed by atoms with Crippen molar-refractivity contribution in [3.05, 3.63) is 151 Å². The summed E-state index contributed by atoms with van der Waals surface area (Å²) >= 11 is 0. The highest BCUT2D eigenvalue weighted by atomic mass is 15.0. The topological polar surface area (TPSA) is 4.93 Å². The summed E-state index contributed by atoms with van der Waals surface area (Å²) in [6.45, 7) is 14.6. The van der Waals surface area contributed by atoms with Gasteiger partial charge in [-0.05, 0) is 115 Å². The number of para-hydroxylation sites is 1. The summed E-state index contributed by atoms with van der Waals surface area (Å²) in [7, 11) is 0. The lowest BCUT2D eigenvalue weighted by atomic mass is 9.59. The number of nitrogens with zero attached hydrogens (tertiary/aromatic N) is 1. The van der Waals surface area contributed by atoms with Gasteiger partial charge in [0.25, 0.3) is 0 Å². The largest absolute Gasteiger partial charge is 0.309 e. The molecule has 6 aromatic carbocycles. The lowest BCUT2D eigenvalue weighted by Gasteiger charge is -2.44. The average Bonchev–Trinajstić information content (AvgIpc) is 3.45. The summed E-state index contributed by atoms with van der Waals surface area (Å²) in [6.07, 6.45) is 0. The van der Waals surface area contributed by atoms with Crippen molar-refractivity contribution in [3.63, 3.8) is 0 Å². The first kappa shape index (κ1) is 28.6. The van der Waals surface area contributed by atoms with Gasteiger partial charge in [0.05, 0.1) is 11.0 Å². The maximum absolute atomic E-state index is 2.53. The molecule has 0 atom stereocenters. The van der Waals surface area contributed by atoms with E-state index < -0.39 is 0 Å². The number of aromatic nitrogens is 1. The average molecular weight is 596 g/mol. The molecule has 7 aromatic rings. The lowest BCUT2D eigenvalue weighted by Crippen LogP contribution is -2.42. The van der Waals surface area contributed by atoms with Crippen LogP contribution in [0.1, 0.15) is 52.7 Å². The normalized spacial score (nSPS) is 16.1. The van der Waals surface area contributed by atoms with Crippen LogP contribution in [0.2, 0.25) is 0 Å². The second-order valence-electron chi connectivity index (χ2n) is 14.7. The van der Waals surface area contributed by atoms with Crippen molar-refractivity contribution in [2.45, 2.75) is 52.4 Å². The first-order valence-corrected chi connectivity index (χ1v) is 16.5. The monoisotopic (exact) mass is 595 g/mol. The van der Waals surface area contributed by atoms with E-state index in [-0.39, 0.29) is 16.2 Å². The summed E-state index contributed by atoms with van der Waals surface area (Å²) in [6, 6.07) is 51.5.